The molecule has 0 aromatic carbocycles. The molecule has 0 N–H and O–H groups in total. The van der Waals surface area contributed by atoms with Crippen LogP contribution in [0.4, 0.5) is 0 Å². The molecule has 12 heavy (non-hydrogen) atoms. The van der Waals surface area contributed by atoms with E-state index in [4.69, 9.17) is 0 Å². The van der Waals surface area contributed by atoms with Gasteiger partial charge in [0, 0.05) is 5.92 Å². The van der Waals surface area contributed by atoms with Crippen molar-refractivity contribution in [2.75, 3.05) is 19.6 Å². The number of rotatable bonds is 3. The lowest BCUT2D eigenvalue weighted by Crippen LogP contribution is -2.36. The van der Waals surface area contributed by atoms with Gasteiger partial charge in [-0.1, -0.05) is 6.92 Å². The Morgan fingerprint density at radius 1 is 1.42 bits per heavy atom. The van der Waals surface area contributed by atoms with Gasteiger partial charge in [-0.2, -0.15) is 0 Å². The van der Waals surface area contributed by atoms with Crippen molar-refractivity contribution in [1.29, 1.82) is 0 Å². The van der Waals surface area contributed by atoms with E-state index in [1.54, 1.807) is 6.92 Å². The third kappa shape index (κ3) is 2.59. The minimum atomic E-state index is 0.359. The molecule has 0 saturated carbocycles. The van der Waals surface area contributed by atoms with Crippen LogP contribution in [0.2, 0.25) is 0 Å². The Balaban J connectivity index is 2.25. The zero-order valence-corrected chi connectivity index (χ0v) is 8.18. The predicted molar refractivity (Wildman–Crippen MR) is 50.1 cm³/mol. The molecular formula is C10H19NO. The first-order chi connectivity index (χ1) is 5.74. The summed E-state index contributed by atoms with van der Waals surface area (Å²) in [6.45, 7) is 7.37. The second-order valence-corrected chi connectivity index (χ2v) is 3.73. The highest BCUT2D eigenvalue weighted by Gasteiger charge is 2.21. The first kappa shape index (κ1) is 9.72. The fourth-order valence-electron chi connectivity index (χ4n) is 1.88. The van der Waals surface area contributed by atoms with Crippen LogP contribution in [0.15, 0.2) is 0 Å². The molecule has 0 aliphatic carbocycles. The van der Waals surface area contributed by atoms with Gasteiger partial charge in [0.1, 0.15) is 5.78 Å². The van der Waals surface area contributed by atoms with Crippen molar-refractivity contribution in [3.63, 3.8) is 0 Å². The lowest BCUT2D eigenvalue weighted by Gasteiger charge is -2.30. The Morgan fingerprint density at radius 3 is 2.42 bits per heavy atom. The highest BCUT2D eigenvalue weighted by molar-refractivity contribution is 5.78. The standard InChI is InChI=1S/C10H19NO/c1-3-6-11-7-4-10(5-8-11)9(2)12/h10H,3-8H2,1-2H3. The van der Waals surface area contributed by atoms with Crippen LogP contribution in [-0.2, 0) is 4.79 Å². The molecule has 2 nitrogen and oxygen atoms in total. The molecule has 1 saturated heterocycles. The van der Waals surface area contributed by atoms with Crippen molar-refractivity contribution < 1.29 is 4.79 Å². The van der Waals surface area contributed by atoms with E-state index < -0.39 is 0 Å². The molecule has 0 radical (unpaired) electrons. The van der Waals surface area contributed by atoms with Crippen molar-refractivity contribution in [2.24, 2.45) is 5.92 Å². The maximum Gasteiger partial charge on any atom is 0.133 e. The molecule has 0 aromatic rings. The summed E-state index contributed by atoms with van der Waals surface area (Å²) in [7, 11) is 0. The Morgan fingerprint density at radius 2 is 2.00 bits per heavy atom. The largest absolute Gasteiger partial charge is 0.303 e. The fraction of sp³-hybridized carbons (Fsp3) is 0.900. The average molecular weight is 169 g/mol. The number of ketones is 1. The van der Waals surface area contributed by atoms with E-state index >= 15 is 0 Å². The van der Waals surface area contributed by atoms with Crippen molar-refractivity contribution in [2.45, 2.75) is 33.1 Å². The first-order valence-electron chi connectivity index (χ1n) is 4.97. The molecule has 1 rings (SSSR count). The van der Waals surface area contributed by atoms with E-state index in [0.717, 1.165) is 25.9 Å². The van der Waals surface area contributed by atoms with Crippen molar-refractivity contribution >= 4 is 5.78 Å². The molecule has 1 heterocycles. The lowest BCUT2D eigenvalue weighted by atomic mass is 9.93. The number of carbonyl (C=O) groups is 1. The third-order valence-corrected chi connectivity index (χ3v) is 2.70. The SMILES string of the molecule is CCCN1CCC(C(C)=O)CC1. The number of carbonyl (C=O) groups excluding carboxylic acids is 1. The highest BCUT2D eigenvalue weighted by atomic mass is 16.1. The molecule has 70 valence electrons. The van der Waals surface area contributed by atoms with Gasteiger partial charge in [0.15, 0.2) is 0 Å². The smallest absolute Gasteiger partial charge is 0.133 e. The van der Waals surface area contributed by atoms with Gasteiger partial charge in [0.2, 0.25) is 0 Å². The van der Waals surface area contributed by atoms with E-state index in [1.165, 1.54) is 13.0 Å². The van der Waals surface area contributed by atoms with Crippen molar-refractivity contribution in [1.82, 2.24) is 4.90 Å². The van der Waals surface area contributed by atoms with Gasteiger partial charge in [-0.3, -0.25) is 4.79 Å². The normalized spacial score (nSPS) is 21.2. The number of hydrogen-bond acceptors (Lipinski definition) is 2. The summed E-state index contributed by atoms with van der Waals surface area (Å²) < 4.78 is 0. The molecule has 0 aromatic heterocycles. The average Bonchev–Trinajstić information content (AvgIpc) is 2.06. The number of piperidine rings is 1. The quantitative estimate of drug-likeness (QED) is 0.641. The molecule has 0 amide bonds. The van der Waals surface area contributed by atoms with E-state index in [1.807, 2.05) is 0 Å². The summed E-state index contributed by atoms with van der Waals surface area (Å²) in [5.41, 5.74) is 0. The molecule has 1 aliphatic heterocycles. The summed E-state index contributed by atoms with van der Waals surface area (Å²) in [6.07, 6.45) is 3.38. The van der Waals surface area contributed by atoms with Crippen LogP contribution in [0.25, 0.3) is 0 Å². The number of Topliss-reactive ketones (excluding diaryl/α,β-unsaturated/α-hetero) is 1. The van der Waals surface area contributed by atoms with Gasteiger partial charge in [0.25, 0.3) is 0 Å². The van der Waals surface area contributed by atoms with Crippen LogP contribution in [0, 0.1) is 5.92 Å². The van der Waals surface area contributed by atoms with Crippen LogP contribution in [0.1, 0.15) is 33.1 Å². The second kappa shape index (κ2) is 4.61. The molecule has 0 unspecified atom stereocenters. The van der Waals surface area contributed by atoms with Crippen LogP contribution in [-0.4, -0.2) is 30.3 Å². The van der Waals surface area contributed by atoms with Gasteiger partial charge in [-0.05, 0) is 45.8 Å². The van der Waals surface area contributed by atoms with Gasteiger partial charge in [0.05, 0.1) is 0 Å². The number of nitrogens with zero attached hydrogens (tertiary/aromatic N) is 1. The molecule has 2 heteroatoms. The minimum Gasteiger partial charge on any atom is -0.303 e. The van der Waals surface area contributed by atoms with E-state index in [-0.39, 0.29) is 0 Å². The van der Waals surface area contributed by atoms with Crippen molar-refractivity contribution in [3.05, 3.63) is 0 Å². The van der Waals surface area contributed by atoms with Gasteiger partial charge >= 0.3 is 0 Å². The topological polar surface area (TPSA) is 20.3 Å². The van der Waals surface area contributed by atoms with E-state index in [9.17, 15) is 4.79 Å². The monoisotopic (exact) mass is 169 g/mol. The van der Waals surface area contributed by atoms with E-state index in [2.05, 4.69) is 11.8 Å². The van der Waals surface area contributed by atoms with Crippen molar-refractivity contribution in [3.8, 4) is 0 Å². The number of hydrogen-bond donors (Lipinski definition) is 0. The lowest BCUT2D eigenvalue weighted by molar-refractivity contribution is -0.122. The highest BCUT2D eigenvalue weighted by Crippen LogP contribution is 2.17. The van der Waals surface area contributed by atoms with E-state index in [0.29, 0.717) is 11.7 Å². The Kier molecular flexibility index (Phi) is 3.73. The molecule has 1 fully saturated rings. The molecular weight excluding hydrogens is 150 g/mol. The fourth-order valence-corrected chi connectivity index (χ4v) is 1.88. The van der Waals surface area contributed by atoms with Gasteiger partial charge in [-0.25, -0.2) is 0 Å². The predicted octanol–water partition coefficient (Wildman–Crippen LogP) is 1.70. The molecule has 0 bridgehead atoms. The van der Waals surface area contributed by atoms with Crippen LogP contribution >= 0.6 is 0 Å². The van der Waals surface area contributed by atoms with Crippen LogP contribution in [0.3, 0.4) is 0 Å². The second-order valence-electron chi connectivity index (χ2n) is 3.73. The third-order valence-electron chi connectivity index (χ3n) is 2.70. The Hall–Kier alpha value is -0.370. The zero-order valence-electron chi connectivity index (χ0n) is 8.18. The molecule has 0 spiro atoms. The Labute approximate surface area is 74.9 Å². The summed E-state index contributed by atoms with van der Waals surface area (Å²) in [4.78, 5) is 13.5. The Bertz CT molecular complexity index is 148. The first-order valence-corrected chi connectivity index (χ1v) is 4.97. The minimum absolute atomic E-state index is 0.359. The molecule has 1 aliphatic rings. The van der Waals surface area contributed by atoms with Gasteiger partial charge in [-0.15, -0.1) is 0 Å². The zero-order chi connectivity index (χ0) is 8.97. The van der Waals surface area contributed by atoms with Crippen LogP contribution in [0.5, 0.6) is 0 Å². The van der Waals surface area contributed by atoms with Crippen LogP contribution < -0.4 is 0 Å². The summed E-state index contributed by atoms with van der Waals surface area (Å²) in [5, 5.41) is 0. The maximum atomic E-state index is 11.0. The molecule has 0 atom stereocenters. The van der Waals surface area contributed by atoms with Gasteiger partial charge < -0.3 is 4.90 Å². The maximum absolute atomic E-state index is 11.0. The summed E-state index contributed by atoms with van der Waals surface area (Å²) >= 11 is 0. The number of likely N-dealkylation sites (tertiary alicyclic amines) is 1. The summed E-state index contributed by atoms with van der Waals surface area (Å²) in [6, 6.07) is 0. The summed E-state index contributed by atoms with van der Waals surface area (Å²) in [5.74, 6) is 0.740.